The quantitative estimate of drug-likeness (QED) is 0.829. The summed E-state index contributed by atoms with van der Waals surface area (Å²) in [6.45, 7) is 6.06. The molecule has 5 heteroatoms. The van der Waals surface area contributed by atoms with Gasteiger partial charge in [0.1, 0.15) is 11.6 Å². The lowest BCUT2D eigenvalue weighted by Crippen LogP contribution is -2.24. The molecular weight excluding hydrogens is 250 g/mol. The molecule has 0 saturated carbocycles. The molecule has 1 atom stereocenters. The minimum Gasteiger partial charge on any atom is -0.367 e. The zero-order valence-electron chi connectivity index (χ0n) is 12.4. The highest BCUT2D eigenvalue weighted by Gasteiger charge is 2.16. The maximum Gasteiger partial charge on any atom is 0.166 e. The molecule has 0 bridgehead atoms. The van der Waals surface area contributed by atoms with Crippen molar-refractivity contribution in [1.82, 2.24) is 15.5 Å². The van der Waals surface area contributed by atoms with Gasteiger partial charge < -0.3 is 10.6 Å². The van der Waals surface area contributed by atoms with E-state index in [-0.39, 0.29) is 0 Å². The van der Waals surface area contributed by atoms with Crippen LogP contribution >= 0.6 is 0 Å². The summed E-state index contributed by atoms with van der Waals surface area (Å²) in [5, 5.41) is 24.6. The largest absolute Gasteiger partial charge is 0.367 e. The number of aryl methyl sites for hydroxylation is 1. The van der Waals surface area contributed by atoms with Crippen LogP contribution in [0.15, 0.2) is 0 Å². The first-order valence-electron chi connectivity index (χ1n) is 7.55. The Kier molecular flexibility index (Phi) is 5.31. The van der Waals surface area contributed by atoms with Crippen LogP contribution in [-0.4, -0.2) is 29.3 Å². The summed E-state index contributed by atoms with van der Waals surface area (Å²) in [5.74, 6) is 0.638. The smallest absolute Gasteiger partial charge is 0.166 e. The van der Waals surface area contributed by atoms with Crippen molar-refractivity contribution in [1.29, 1.82) is 5.26 Å². The predicted octanol–water partition coefficient (Wildman–Crippen LogP) is 2.03. The molecule has 1 aromatic rings. The summed E-state index contributed by atoms with van der Waals surface area (Å²) in [6, 6.07) is 2.89. The van der Waals surface area contributed by atoms with Gasteiger partial charge in [-0.05, 0) is 44.2 Å². The molecule has 0 spiro atoms. The molecule has 1 aromatic heterocycles. The van der Waals surface area contributed by atoms with Crippen molar-refractivity contribution >= 4 is 5.82 Å². The molecule has 0 unspecified atom stereocenters. The number of hydrogen-bond donors (Lipinski definition) is 2. The summed E-state index contributed by atoms with van der Waals surface area (Å²) in [4.78, 5) is 0. The topological polar surface area (TPSA) is 73.6 Å². The van der Waals surface area contributed by atoms with Crippen molar-refractivity contribution in [3.8, 4) is 6.07 Å². The van der Waals surface area contributed by atoms with E-state index in [0.29, 0.717) is 17.4 Å². The van der Waals surface area contributed by atoms with E-state index in [0.717, 1.165) is 43.6 Å². The zero-order chi connectivity index (χ0) is 14.4. The van der Waals surface area contributed by atoms with Crippen molar-refractivity contribution in [3.05, 3.63) is 16.8 Å². The molecule has 1 aliphatic rings. The highest BCUT2D eigenvalue weighted by molar-refractivity contribution is 5.56. The van der Waals surface area contributed by atoms with Crippen molar-refractivity contribution in [2.45, 2.75) is 52.0 Å². The van der Waals surface area contributed by atoms with Crippen LogP contribution in [0.25, 0.3) is 0 Å². The van der Waals surface area contributed by atoms with E-state index in [1.807, 2.05) is 6.92 Å². The fourth-order valence-electron chi connectivity index (χ4n) is 2.78. The third kappa shape index (κ3) is 3.26. The van der Waals surface area contributed by atoms with E-state index in [9.17, 15) is 5.26 Å². The minimum absolute atomic E-state index is 0.599. The Morgan fingerprint density at radius 1 is 1.35 bits per heavy atom. The SMILES string of the molecule is CCc1nnc(NCC[C@@H]2CCCN2)c(C#N)c1CC. The van der Waals surface area contributed by atoms with Gasteiger partial charge in [-0.25, -0.2) is 0 Å². The Labute approximate surface area is 120 Å². The number of nitrogens with zero attached hydrogens (tertiary/aromatic N) is 3. The van der Waals surface area contributed by atoms with Crippen LogP contribution < -0.4 is 10.6 Å². The first-order valence-corrected chi connectivity index (χ1v) is 7.55. The van der Waals surface area contributed by atoms with Crippen LogP contribution in [0.4, 0.5) is 5.82 Å². The van der Waals surface area contributed by atoms with Gasteiger partial charge >= 0.3 is 0 Å². The molecule has 2 rings (SSSR count). The Hall–Kier alpha value is -1.67. The Morgan fingerprint density at radius 3 is 2.80 bits per heavy atom. The van der Waals surface area contributed by atoms with E-state index in [1.54, 1.807) is 0 Å². The average molecular weight is 273 g/mol. The van der Waals surface area contributed by atoms with Gasteiger partial charge in [-0.3, -0.25) is 0 Å². The number of nitriles is 1. The van der Waals surface area contributed by atoms with E-state index in [4.69, 9.17) is 0 Å². The number of anilines is 1. The van der Waals surface area contributed by atoms with Gasteiger partial charge in [0.2, 0.25) is 0 Å². The van der Waals surface area contributed by atoms with Gasteiger partial charge in [0.15, 0.2) is 5.82 Å². The number of aromatic nitrogens is 2. The van der Waals surface area contributed by atoms with Crippen molar-refractivity contribution in [2.24, 2.45) is 0 Å². The number of hydrogen-bond acceptors (Lipinski definition) is 5. The fourth-order valence-corrected chi connectivity index (χ4v) is 2.78. The lowest BCUT2D eigenvalue weighted by atomic mass is 10.0. The minimum atomic E-state index is 0.599. The van der Waals surface area contributed by atoms with Gasteiger partial charge in [0.05, 0.1) is 5.69 Å². The van der Waals surface area contributed by atoms with Crippen LogP contribution in [0.2, 0.25) is 0 Å². The summed E-state index contributed by atoms with van der Waals surface area (Å²) >= 11 is 0. The average Bonchev–Trinajstić information content (AvgIpc) is 2.99. The number of nitrogens with one attached hydrogen (secondary N) is 2. The molecule has 2 heterocycles. The third-order valence-electron chi connectivity index (χ3n) is 3.91. The fraction of sp³-hybridized carbons (Fsp3) is 0.667. The summed E-state index contributed by atoms with van der Waals surface area (Å²) < 4.78 is 0. The standard InChI is InChI=1S/C15H23N5/c1-3-12-13(10-16)15(20-19-14(12)4-2)18-9-7-11-6-5-8-17-11/h11,17H,3-9H2,1-2H3,(H,18,20)/t11-/m0/s1. The third-order valence-corrected chi connectivity index (χ3v) is 3.91. The van der Waals surface area contributed by atoms with E-state index < -0.39 is 0 Å². The van der Waals surface area contributed by atoms with Gasteiger partial charge in [0.25, 0.3) is 0 Å². The predicted molar refractivity (Wildman–Crippen MR) is 79.6 cm³/mol. The summed E-state index contributed by atoms with van der Waals surface area (Å²) in [5.41, 5.74) is 2.64. The molecule has 0 aliphatic carbocycles. The Morgan fingerprint density at radius 2 is 2.20 bits per heavy atom. The van der Waals surface area contributed by atoms with Crippen molar-refractivity contribution in [2.75, 3.05) is 18.4 Å². The lowest BCUT2D eigenvalue weighted by molar-refractivity contribution is 0.574. The molecule has 0 radical (unpaired) electrons. The summed E-state index contributed by atoms with van der Waals surface area (Å²) in [7, 11) is 0. The highest BCUT2D eigenvalue weighted by atomic mass is 15.2. The van der Waals surface area contributed by atoms with Gasteiger partial charge in [-0.1, -0.05) is 13.8 Å². The van der Waals surface area contributed by atoms with Crippen LogP contribution in [0.1, 0.15) is 49.9 Å². The van der Waals surface area contributed by atoms with Crippen LogP contribution in [0.3, 0.4) is 0 Å². The van der Waals surface area contributed by atoms with Crippen molar-refractivity contribution in [3.63, 3.8) is 0 Å². The van der Waals surface area contributed by atoms with E-state index in [2.05, 4.69) is 33.8 Å². The second kappa shape index (κ2) is 7.20. The molecule has 0 amide bonds. The van der Waals surface area contributed by atoms with Gasteiger partial charge in [0, 0.05) is 12.6 Å². The Bertz CT molecular complexity index is 486. The molecule has 20 heavy (non-hydrogen) atoms. The van der Waals surface area contributed by atoms with Gasteiger partial charge in [-0.15, -0.1) is 5.10 Å². The summed E-state index contributed by atoms with van der Waals surface area (Å²) in [6.07, 6.45) is 5.20. The number of rotatable bonds is 6. The molecule has 0 aromatic carbocycles. The lowest BCUT2D eigenvalue weighted by Gasteiger charge is -2.14. The first-order chi connectivity index (χ1) is 9.80. The van der Waals surface area contributed by atoms with Crippen molar-refractivity contribution < 1.29 is 0 Å². The molecule has 2 N–H and O–H groups in total. The second-order valence-electron chi connectivity index (χ2n) is 5.18. The molecule has 1 fully saturated rings. The van der Waals surface area contributed by atoms with Gasteiger partial charge in [-0.2, -0.15) is 10.4 Å². The van der Waals surface area contributed by atoms with E-state index in [1.165, 1.54) is 12.8 Å². The maximum atomic E-state index is 9.39. The molecule has 108 valence electrons. The zero-order valence-corrected chi connectivity index (χ0v) is 12.4. The second-order valence-corrected chi connectivity index (χ2v) is 5.18. The highest BCUT2D eigenvalue weighted by Crippen LogP contribution is 2.20. The van der Waals surface area contributed by atoms with Crippen LogP contribution in [0.5, 0.6) is 0 Å². The molecule has 1 aliphatic heterocycles. The molecule has 1 saturated heterocycles. The first kappa shape index (κ1) is 14.7. The molecule has 5 nitrogen and oxygen atoms in total. The monoisotopic (exact) mass is 273 g/mol. The van der Waals surface area contributed by atoms with Crippen LogP contribution in [0, 0.1) is 11.3 Å². The normalized spacial score (nSPS) is 17.9. The maximum absolute atomic E-state index is 9.39. The molecular formula is C15H23N5. The Balaban J connectivity index is 2.05. The van der Waals surface area contributed by atoms with E-state index >= 15 is 0 Å². The van der Waals surface area contributed by atoms with Crippen LogP contribution in [-0.2, 0) is 12.8 Å².